The quantitative estimate of drug-likeness (QED) is 0.781. The fraction of sp³-hybridized carbons (Fsp3) is 0.429. The van der Waals surface area contributed by atoms with E-state index in [-0.39, 0.29) is 12.5 Å². The van der Waals surface area contributed by atoms with E-state index in [9.17, 15) is 9.59 Å². The van der Waals surface area contributed by atoms with Gasteiger partial charge in [-0.05, 0) is 25.8 Å². The molecule has 0 bridgehead atoms. The molecule has 2 aromatic heterocycles. The minimum absolute atomic E-state index is 0.150. The number of carbonyl (C=O) groups excluding carboxylic acids is 2. The molecule has 0 spiro atoms. The highest BCUT2D eigenvalue weighted by Crippen LogP contribution is 2.14. The lowest BCUT2D eigenvalue weighted by molar-refractivity contribution is -0.133. The van der Waals surface area contributed by atoms with E-state index < -0.39 is 5.97 Å². The van der Waals surface area contributed by atoms with E-state index in [4.69, 9.17) is 4.74 Å². The predicted octanol–water partition coefficient (Wildman–Crippen LogP) is 0.817. The maximum atomic E-state index is 12.2. The SMILES string of the molecule is Cc1nn2cccnc2c1C(=O)OCC(=O)N1CCCC1. The highest BCUT2D eigenvalue weighted by molar-refractivity contribution is 5.98. The van der Waals surface area contributed by atoms with Crippen molar-refractivity contribution >= 4 is 17.5 Å². The van der Waals surface area contributed by atoms with Gasteiger partial charge in [0.1, 0.15) is 5.56 Å². The molecule has 3 heterocycles. The third-order valence-corrected chi connectivity index (χ3v) is 3.56. The number of amides is 1. The Kier molecular flexibility index (Phi) is 3.55. The van der Waals surface area contributed by atoms with E-state index in [1.807, 2.05) is 0 Å². The second-order valence-corrected chi connectivity index (χ2v) is 5.01. The smallest absolute Gasteiger partial charge is 0.344 e. The van der Waals surface area contributed by atoms with Gasteiger partial charge in [-0.1, -0.05) is 0 Å². The number of carbonyl (C=O) groups is 2. The van der Waals surface area contributed by atoms with Crippen molar-refractivity contribution in [2.45, 2.75) is 19.8 Å². The zero-order valence-electron chi connectivity index (χ0n) is 11.8. The van der Waals surface area contributed by atoms with Crippen molar-refractivity contribution < 1.29 is 14.3 Å². The van der Waals surface area contributed by atoms with Gasteiger partial charge in [0.2, 0.25) is 0 Å². The third-order valence-electron chi connectivity index (χ3n) is 3.56. The summed E-state index contributed by atoms with van der Waals surface area (Å²) in [5.74, 6) is -0.711. The number of likely N-dealkylation sites (tertiary alicyclic amines) is 1. The summed E-state index contributed by atoms with van der Waals surface area (Å²) >= 11 is 0. The molecule has 7 nitrogen and oxygen atoms in total. The van der Waals surface area contributed by atoms with Crippen LogP contribution in [0.5, 0.6) is 0 Å². The number of rotatable bonds is 3. The number of hydrogen-bond donors (Lipinski definition) is 0. The second kappa shape index (κ2) is 5.51. The maximum absolute atomic E-state index is 12.2. The Morgan fingerprint density at radius 2 is 2.10 bits per heavy atom. The fourth-order valence-electron chi connectivity index (χ4n) is 2.49. The monoisotopic (exact) mass is 288 g/mol. The summed E-state index contributed by atoms with van der Waals surface area (Å²) in [6.45, 7) is 2.97. The van der Waals surface area contributed by atoms with Crippen LogP contribution in [0.3, 0.4) is 0 Å². The average Bonchev–Trinajstić information content (AvgIpc) is 3.10. The van der Waals surface area contributed by atoms with Crippen LogP contribution in [-0.4, -0.2) is 51.1 Å². The van der Waals surface area contributed by atoms with Gasteiger partial charge in [0.15, 0.2) is 12.3 Å². The van der Waals surface area contributed by atoms with Gasteiger partial charge in [0.05, 0.1) is 5.69 Å². The Bertz CT molecular complexity index is 689. The number of esters is 1. The number of ether oxygens (including phenoxy) is 1. The largest absolute Gasteiger partial charge is 0.452 e. The Morgan fingerprint density at radius 1 is 1.33 bits per heavy atom. The molecule has 7 heteroatoms. The Morgan fingerprint density at radius 3 is 2.86 bits per heavy atom. The summed E-state index contributed by atoms with van der Waals surface area (Å²) < 4.78 is 6.65. The van der Waals surface area contributed by atoms with E-state index >= 15 is 0 Å². The summed E-state index contributed by atoms with van der Waals surface area (Å²) in [7, 11) is 0. The Hall–Kier alpha value is -2.44. The number of aryl methyl sites for hydroxylation is 1. The van der Waals surface area contributed by atoms with Gasteiger partial charge in [0, 0.05) is 25.5 Å². The van der Waals surface area contributed by atoms with Crippen LogP contribution in [0.1, 0.15) is 28.9 Å². The molecular formula is C14H16N4O3. The lowest BCUT2D eigenvalue weighted by Crippen LogP contribution is -2.32. The van der Waals surface area contributed by atoms with Crippen LogP contribution < -0.4 is 0 Å². The van der Waals surface area contributed by atoms with Crippen LogP contribution in [0.2, 0.25) is 0 Å². The molecule has 1 aliphatic heterocycles. The van der Waals surface area contributed by atoms with E-state index in [0.29, 0.717) is 16.9 Å². The molecular weight excluding hydrogens is 272 g/mol. The van der Waals surface area contributed by atoms with E-state index in [2.05, 4.69) is 10.1 Å². The molecule has 2 aromatic rings. The van der Waals surface area contributed by atoms with Gasteiger partial charge in [-0.2, -0.15) is 5.10 Å². The summed E-state index contributed by atoms with van der Waals surface area (Å²) in [6, 6.07) is 1.73. The molecule has 1 amide bonds. The van der Waals surface area contributed by atoms with Crippen LogP contribution in [0.15, 0.2) is 18.5 Å². The summed E-state index contributed by atoms with van der Waals surface area (Å²) in [4.78, 5) is 29.9. The van der Waals surface area contributed by atoms with Gasteiger partial charge in [-0.25, -0.2) is 14.3 Å². The molecule has 21 heavy (non-hydrogen) atoms. The van der Waals surface area contributed by atoms with Crippen molar-refractivity contribution in [1.82, 2.24) is 19.5 Å². The number of hydrogen-bond acceptors (Lipinski definition) is 5. The first-order valence-corrected chi connectivity index (χ1v) is 6.91. The zero-order valence-corrected chi connectivity index (χ0v) is 11.8. The molecule has 0 saturated carbocycles. The molecule has 0 radical (unpaired) electrons. The number of aromatic nitrogens is 3. The molecule has 1 aliphatic rings. The summed E-state index contributed by atoms with van der Waals surface area (Å²) in [5, 5.41) is 4.20. The van der Waals surface area contributed by atoms with E-state index in [1.54, 1.807) is 30.3 Å². The first-order chi connectivity index (χ1) is 10.2. The first-order valence-electron chi connectivity index (χ1n) is 6.91. The highest BCUT2D eigenvalue weighted by atomic mass is 16.5. The fourth-order valence-corrected chi connectivity index (χ4v) is 2.49. The summed E-state index contributed by atoms with van der Waals surface area (Å²) in [6.07, 6.45) is 5.32. The van der Waals surface area contributed by atoms with Crippen LogP contribution >= 0.6 is 0 Å². The van der Waals surface area contributed by atoms with Gasteiger partial charge in [0.25, 0.3) is 5.91 Å². The number of nitrogens with zero attached hydrogens (tertiary/aromatic N) is 4. The lowest BCUT2D eigenvalue weighted by atomic mass is 10.2. The average molecular weight is 288 g/mol. The minimum atomic E-state index is -0.561. The van der Waals surface area contributed by atoms with Crippen LogP contribution in [0.25, 0.3) is 5.65 Å². The zero-order chi connectivity index (χ0) is 14.8. The molecule has 0 unspecified atom stereocenters. The Labute approximate surface area is 121 Å². The van der Waals surface area contributed by atoms with Gasteiger partial charge in [-0.15, -0.1) is 0 Å². The van der Waals surface area contributed by atoms with E-state index in [0.717, 1.165) is 25.9 Å². The Balaban J connectivity index is 1.72. The van der Waals surface area contributed by atoms with Gasteiger partial charge >= 0.3 is 5.97 Å². The van der Waals surface area contributed by atoms with Crippen molar-refractivity contribution in [3.63, 3.8) is 0 Å². The first kappa shape index (κ1) is 13.5. The summed E-state index contributed by atoms with van der Waals surface area (Å²) in [5.41, 5.74) is 1.28. The van der Waals surface area contributed by atoms with Crippen molar-refractivity contribution in [2.75, 3.05) is 19.7 Å². The van der Waals surface area contributed by atoms with E-state index in [1.165, 1.54) is 4.52 Å². The molecule has 1 fully saturated rings. The van der Waals surface area contributed by atoms with Gasteiger partial charge in [-0.3, -0.25) is 4.79 Å². The van der Waals surface area contributed by atoms with Crippen LogP contribution in [0.4, 0.5) is 0 Å². The molecule has 0 N–H and O–H groups in total. The van der Waals surface area contributed by atoms with Crippen molar-refractivity contribution in [2.24, 2.45) is 0 Å². The number of fused-ring (bicyclic) bond motifs is 1. The van der Waals surface area contributed by atoms with Crippen molar-refractivity contribution in [3.8, 4) is 0 Å². The lowest BCUT2D eigenvalue weighted by Gasteiger charge is -2.14. The molecule has 3 rings (SSSR count). The normalized spacial score (nSPS) is 14.6. The molecule has 0 aliphatic carbocycles. The van der Waals surface area contributed by atoms with Gasteiger partial charge < -0.3 is 9.64 Å². The topological polar surface area (TPSA) is 76.8 Å². The molecule has 110 valence electrons. The molecule has 0 atom stereocenters. The minimum Gasteiger partial charge on any atom is -0.452 e. The molecule has 1 saturated heterocycles. The maximum Gasteiger partial charge on any atom is 0.344 e. The van der Waals surface area contributed by atoms with Crippen LogP contribution in [-0.2, 0) is 9.53 Å². The standard InChI is InChI=1S/C14H16N4O3/c1-10-12(13-15-5-4-8-18(13)16-10)14(20)21-9-11(19)17-6-2-3-7-17/h4-5,8H,2-3,6-7,9H2,1H3. The second-order valence-electron chi connectivity index (χ2n) is 5.01. The third kappa shape index (κ3) is 2.58. The predicted molar refractivity (Wildman–Crippen MR) is 73.8 cm³/mol. The van der Waals surface area contributed by atoms with Crippen molar-refractivity contribution in [3.05, 3.63) is 29.7 Å². The molecule has 0 aromatic carbocycles. The van der Waals surface area contributed by atoms with Crippen LogP contribution in [0, 0.1) is 6.92 Å². The highest BCUT2D eigenvalue weighted by Gasteiger charge is 2.23. The van der Waals surface area contributed by atoms with Crippen molar-refractivity contribution in [1.29, 1.82) is 0 Å².